The van der Waals surface area contributed by atoms with Crippen molar-refractivity contribution in [2.75, 3.05) is 0 Å². The van der Waals surface area contributed by atoms with Crippen LogP contribution in [0, 0.1) is 11.8 Å². The van der Waals surface area contributed by atoms with E-state index in [1.54, 1.807) is 6.08 Å². The Bertz CT molecular complexity index is 922. The summed E-state index contributed by atoms with van der Waals surface area (Å²) in [5.74, 6) is -1.84. The number of aryl methyl sites for hydroxylation is 1. The van der Waals surface area contributed by atoms with Gasteiger partial charge in [0.15, 0.2) is 0 Å². The molecule has 2 aliphatic carbocycles. The van der Waals surface area contributed by atoms with Crippen molar-refractivity contribution in [2.45, 2.75) is 89.8 Å². The van der Waals surface area contributed by atoms with E-state index in [0.29, 0.717) is 5.92 Å². The molecule has 0 fully saturated rings. The van der Waals surface area contributed by atoms with Gasteiger partial charge >= 0.3 is 12.1 Å². The molecule has 3 aliphatic rings. The highest BCUT2D eigenvalue weighted by molar-refractivity contribution is 5.68. The molecule has 4 rings (SSSR count). The van der Waals surface area contributed by atoms with Crippen LogP contribution in [-0.4, -0.2) is 21.8 Å². The predicted octanol–water partition coefficient (Wildman–Crippen LogP) is 6.91. The second-order valence-electron chi connectivity index (χ2n) is 9.94. The van der Waals surface area contributed by atoms with Crippen molar-refractivity contribution in [2.24, 2.45) is 11.8 Å². The highest BCUT2D eigenvalue weighted by atomic mass is 19.4. The molecule has 0 bridgehead atoms. The lowest BCUT2D eigenvalue weighted by molar-refractivity contribution is -0.161. The van der Waals surface area contributed by atoms with Gasteiger partial charge in [-0.15, -0.1) is 0 Å². The summed E-state index contributed by atoms with van der Waals surface area (Å²) >= 11 is 0. The first-order valence-corrected chi connectivity index (χ1v) is 11.5. The summed E-state index contributed by atoms with van der Waals surface area (Å²) in [6, 6.07) is 2.16. The molecule has 31 heavy (non-hydrogen) atoms. The van der Waals surface area contributed by atoms with Gasteiger partial charge in [0, 0.05) is 23.2 Å². The minimum absolute atomic E-state index is 0.00724. The number of carboxylic acid groups (broad SMARTS) is 1. The Morgan fingerprint density at radius 2 is 2.06 bits per heavy atom. The number of allylic oxidation sites excluding steroid dienone is 4. The van der Waals surface area contributed by atoms with E-state index in [-0.39, 0.29) is 30.7 Å². The first kappa shape index (κ1) is 22.2. The number of alkyl halides is 3. The summed E-state index contributed by atoms with van der Waals surface area (Å²) in [5.41, 5.74) is 5.34. The van der Waals surface area contributed by atoms with Crippen molar-refractivity contribution < 1.29 is 23.1 Å². The van der Waals surface area contributed by atoms with Gasteiger partial charge in [-0.2, -0.15) is 13.2 Å². The Hall–Kier alpha value is -1.98. The fourth-order valence-electron chi connectivity index (χ4n) is 5.86. The SMILES string of the molecule is CC(C)CC[C@@H]1C2=C(CC(C(F)(F)F)C=C2)C(C)c2cc3c(n21)C(CC(=O)O)CCC3. The van der Waals surface area contributed by atoms with E-state index in [9.17, 15) is 23.1 Å². The van der Waals surface area contributed by atoms with Crippen LogP contribution < -0.4 is 0 Å². The molecular weight excluding hydrogens is 403 g/mol. The van der Waals surface area contributed by atoms with Crippen LogP contribution >= 0.6 is 0 Å². The third-order valence-electron chi connectivity index (χ3n) is 7.39. The molecule has 2 heterocycles. The van der Waals surface area contributed by atoms with Crippen molar-refractivity contribution in [1.82, 2.24) is 4.57 Å². The van der Waals surface area contributed by atoms with Crippen LogP contribution in [0.2, 0.25) is 0 Å². The van der Waals surface area contributed by atoms with E-state index in [2.05, 4.69) is 24.5 Å². The fourth-order valence-corrected chi connectivity index (χ4v) is 5.86. The van der Waals surface area contributed by atoms with Gasteiger partial charge in [0.25, 0.3) is 0 Å². The molecule has 3 nitrogen and oxygen atoms in total. The number of hydrogen-bond donors (Lipinski definition) is 1. The summed E-state index contributed by atoms with van der Waals surface area (Å²) in [5, 5.41) is 9.48. The van der Waals surface area contributed by atoms with Gasteiger partial charge in [0.1, 0.15) is 0 Å². The Morgan fingerprint density at radius 3 is 2.71 bits per heavy atom. The molecule has 0 radical (unpaired) electrons. The maximum absolute atomic E-state index is 13.5. The molecule has 0 aromatic carbocycles. The molecule has 1 aromatic heterocycles. The van der Waals surface area contributed by atoms with Crippen LogP contribution in [-0.2, 0) is 11.2 Å². The average Bonchev–Trinajstić information content (AvgIpc) is 3.07. The molecule has 1 aromatic rings. The quantitative estimate of drug-likeness (QED) is 0.546. The lowest BCUT2D eigenvalue weighted by atomic mass is 9.76. The standard InChI is InChI=1S/C25H32F3NO2/c1-14(2)7-10-21-19-9-8-18(25(26,27)28)13-20(19)15(3)22-11-16-5-4-6-17(12-23(30)31)24(16)29(21)22/h8-9,11,14-15,17-18,21H,4-7,10,12-13H2,1-3H3,(H,30,31)/t15?,17?,18?,21-/m1/s1. The van der Waals surface area contributed by atoms with Crippen molar-refractivity contribution in [3.8, 4) is 0 Å². The predicted molar refractivity (Wildman–Crippen MR) is 114 cm³/mol. The molecule has 1 aliphatic heterocycles. The number of aromatic nitrogens is 1. The molecule has 6 heteroatoms. The molecule has 0 saturated heterocycles. The molecule has 0 amide bonds. The molecule has 1 N–H and O–H groups in total. The molecule has 3 unspecified atom stereocenters. The van der Waals surface area contributed by atoms with Crippen LogP contribution in [0.4, 0.5) is 13.2 Å². The van der Waals surface area contributed by atoms with Crippen molar-refractivity contribution in [1.29, 1.82) is 0 Å². The number of halogens is 3. The van der Waals surface area contributed by atoms with Crippen molar-refractivity contribution in [3.63, 3.8) is 0 Å². The Morgan fingerprint density at radius 1 is 1.32 bits per heavy atom. The summed E-state index contributed by atoms with van der Waals surface area (Å²) < 4.78 is 42.8. The molecule has 170 valence electrons. The number of hydrogen-bond acceptors (Lipinski definition) is 1. The first-order chi connectivity index (χ1) is 14.6. The van der Waals surface area contributed by atoms with E-state index in [0.717, 1.165) is 54.6 Å². The number of nitrogens with zero attached hydrogens (tertiary/aromatic N) is 1. The lowest BCUT2D eigenvalue weighted by Gasteiger charge is -2.40. The zero-order chi connectivity index (χ0) is 22.5. The highest BCUT2D eigenvalue weighted by Crippen LogP contribution is 2.52. The van der Waals surface area contributed by atoms with Crippen LogP contribution in [0.25, 0.3) is 0 Å². The summed E-state index contributed by atoms with van der Waals surface area (Å²) in [4.78, 5) is 11.5. The Kier molecular flexibility index (Phi) is 5.86. The van der Waals surface area contributed by atoms with Crippen LogP contribution in [0.5, 0.6) is 0 Å². The van der Waals surface area contributed by atoms with Gasteiger partial charge in [-0.3, -0.25) is 4.79 Å². The van der Waals surface area contributed by atoms with Gasteiger partial charge in [0.2, 0.25) is 0 Å². The smallest absolute Gasteiger partial charge is 0.395 e. The van der Waals surface area contributed by atoms with Crippen molar-refractivity contribution >= 4 is 5.97 Å². The maximum Gasteiger partial charge on any atom is 0.395 e. The third kappa shape index (κ3) is 4.10. The van der Waals surface area contributed by atoms with E-state index < -0.39 is 18.1 Å². The molecule has 4 atom stereocenters. The highest BCUT2D eigenvalue weighted by Gasteiger charge is 2.44. The number of carbonyl (C=O) groups is 1. The van der Waals surface area contributed by atoms with Gasteiger partial charge in [-0.1, -0.05) is 38.5 Å². The zero-order valence-electron chi connectivity index (χ0n) is 18.5. The second kappa shape index (κ2) is 8.18. The van der Waals surface area contributed by atoms with Crippen LogP contribution in [0.1, 0.15) is 94.1 Å². The fraction of sp³-hybridized carbons (Fsp3) is 0.640. The summed E-state index contributed by atoms with van der Waals surface area (Å²) in [7, 11) is 0. The van der Waals surface area contributed by atoms with E-state index in [1.807, 2.05) is 6.92 Å². The molecular formula is C25H32F3NO2. The van der Waals surface area contributed by atoms with E-state index in [1.165, 1.54) is 11.6 Å². The van der Waals surface area contributed by atoms with E-state index in [4.69, 9.17) is 0 Å². The summed E-state index contributed by atoms with van der Waals surface area (Å²) in [6.07, 6.45) is 3.54. The number of carboxylic acids is 1. The Balaban J connectivity index is 1.81. The number of rotatable bonds is 5. The third-order valence-corrected chi connectivity index (χ3v) is 7.39. The lowest BCUT2D eigenvalue weighted by Crippen LogP contribution is -2.31. The van der Waals surface area contributed by atoms with Crippen molar-refractivity contribution in [3.05, 3.63) is 46.3 Å². The average molecular weight is 436 g/mol. The monoisotopic (exact) mass is 435 g/mol. The zero-order valence-corrected chi connectivity index (χ0v) is 18.5. The second-order valence-corrected chi connectivity index (χ2v) is 9.94. The first-order valence-electron chi connectivity index (χ1n) is 11.5. The minimum Gasteiger partial charge on any atom is -0.481 e. The number of fused-ring (bicyclic) bond motifs is 3. The normalized spacial score (nSPS) is 27.8. The van der Waals surface area contributed by atoms with Crippen LogP contribution in [0.15, 0.2) is 29.4 Å². The number of aliphatic carboxylic acids is 1. The van der Waals surface area contributed by atoms with Gasteiger partial charge in [0.05, 0.1) is 18.4 Å². The topological polar surface area (TPSA) is 42.2 Å². The largest absolute Gasteiger partial charge is 0.481 e. The maximum atomic E-state index is 13.5. The van der Waals surface area contributed by atoms with Gasteiger partial charge < -0.3 is 9.67 Å². The molecule has 0 saturated carbocycles. The van der Waals surface area contributed by atoms with E-state index >= 15 is 0 Å². The van der Waals surface area contributed by atoms with Gasteiger partial charge in [-0.25, -0.2) is 0 Å². The Labute approximate surface area is 182 Å². The van der Waals surface area contributed by atoms with Gasteiger partial charge in [-0.05, 0) is 61.6 Å². The molecule has 0 spiro atoms. The van der Waals surface area contributed by atoms with Crippen LogP contribution in [0.3, 0.4) is 0 Å². The minimum atomic E-state index is -4.23. The summed E-state index contributed by atoms with van der Waals surface area (Å²) in [6.45, 7) is 6.34.